The molecular weight excluding hydrogens is 452 g/mol. The van der Waals surface area contributed by atoms with E-state index in [1.54, 1.807) is 35.2 Å². The van der Waals surface area contributed by atoms with Crippen molar-refractivity contribution in [3.8, 4) is 5.75 Å². The number of halogens is 1. The summed E-state index contributed by atoms with van der Waals surface area (Å²) in [6.45, 7) is 7.88. The van der Waals surface area contributed by atoms with Crippen LogP contribution >= 0.6 is 27.3 Å². The highest BCUT2D eigenvalue weighted by molar-refractivity contribution is 9.11. The summed E-state index contributed by atoms with van der Waals surface area (Å²) >= 11 is 4.39. The molecular formula is C18H19BrN2O4S2. The van der Waals surface area contributed by atoms with Gasteiger partial charge in [0.1, 0.15) is 16.6 Å². The van der Waals surface area contributed by atoms with Gasteiger partial charge in [0.25, 0.3) is 10.0 Å². The average molecular weight is 471 g/mol. The number of nitrogens with one attached hydrogen (secondary N) is 1. The molecule has 0 fully saturated rings. The molecule has 0 saturated carbocycles. The fourth-order valence-corrected chi connectivity index (χ4v) is 5.73. The summed E-state index contributed by atoms with van der Waals surface area (Å²) in [7, 11) is -3.70. The number of carbonyl (C=O) groups is 1. The maximum atomic E-state index is 12.8. The topological polar surface area (TPSA) is 75.7 Å². The summed E-state index contributed by atoms with van der Waals surface area (Å²) in [5.41, 5.74) is 0.251. The molecule has 0 bridgehead atoms. The molecule has 2 heterocycles. The van der Waals surface area contributed by atoms with Gasteiger partial charge in [0.15, 0.2) is 0 Å². The van der Waals surface area contributed by atoms with Crippen LogP contribution in [-0.4, -0.2) is 27.5 Å². The van der Waals surface area contributed by atoms with Crippen LogP contribution in [0.2, 0.25) is 0 Å². The molecule has 0 aliphatic carbocycles. The Hall–Kier alpha value is -1.84. The molecule has 1 aliphatic heterocycles. The van der Waals surface area contributed by atoms with E-state index in [0.717, 1.165) is 15.1 Å². The number of fused-ring (bicyclic) bond motifs is 1. The van der Waals surface area contributed by atoms with E-state index in [0.29, 0.717) is 23.7 Å². The molecule has 27 heavy (non-hydrogen) atoms. The molecule has 2 aromatic rings. The Morgan fingerprint density at radius 1 is 1.37 bits per heavy atom. The molecule has 144 valence electrons. The number of benzene rings is 1. The van der Waals surface area contributed by atoms with E-state index < -0.39 is 15.4 Å². The number of hydrogen-bond donors (Lipinski definition) is 1. The third-order valence-corrected chi connectivity index (χ3v) is 7.54. The maximum absolute atomic E-state index is 12.8. The zero-order valence-corrected chi connectivity index (χ0v) is 18.1. The Bertz CT molecular complexity index is 999. The van der Waals surface area contributed by atoms with Crippen molar-refractivity contribution in [2.75, 3.05) is 22.8 Å². The lowest BCUT2D eigenvalue weighted by Gasteiger charge is -2.27. The van der Waals surface area contributed by atoms with Crippen LogP contribution in [0, 0.1) is 5.41 Å². The van der Waals surface area contributed by atoms with Crippen molar-refractivity contribution in [1.29, 1.82) is 0 Å². The van der Waals surface area contributed by atoms with E-state index in [1.165, 1.54) is 6.07 Å². The molecule has 0 radical (unpaired) electrons. The van der Waals surface area contributed by atoms with Crippen LogP contribution < -0.4 is 14.4 Å². The van der Waals surface area contributed by atoms with E-state index in [4.69, 9.17) is 4.74 Å². The smallest absolute Gasteiger partial charge is 0.271 e. The van der Waals surface area contributed by atoms with Crippen molar-refractivity contribution < 1.29 is 17.9 Å². The first-order chi connectivity index (χ1) is 12.6. The summed E-state index contributed by atoms with van der Waals surface area (Å²) in [4.78, 5) is 14.4. The van der Waals surface area contributed by atoms with Crippen molar-refractivity contribution in [3.63, 3.8) is 0 Å². The monoisotopic (exact) mass is 470 g/mol. The fourth-order valence-electron chi connectivity index (χ4n) is 2.67. The number of carbonyl (C=O) groups excluding carboxylic acids is 1. The summed E-state index contributed by atoms with van der Waals surface area (Å²) in [5.74, 6) is 0.376. The number of anilines is 2. The number of nitrogens with zero attached hydrogens (tertiary/aromatic N) is 1. The van der Waals surface area contributed by atoms with Crippen molar-refractivity contribution in [1.82, 2.24) is 0 Å². The minimum Gasteiger partial charge on any atom is -0.490 e. The largest absolute Gasteiger partial charge is 0.490 e. The highest BCUT2D eigenvalue weighted by Crippen LogP contribution is 2.38. The van der Waals surface area contributed by atoms with Crippen LogP contribution in [0.3, 0.4) is 0 Å². The number of hydrogen-bond acceptors (Lipinski definition) is 5. The highest BCUT2D eigenvalue weighted by atomic mass is 79.9. The first-order valence-corrected chi connectivity index (χ1v) is 11.2. The van der Waals surface area contributed by atoms with Gasteiger partial charge in [0.2, 0.25) is 5.91 Å². The van der Waals surface area contributed by atoms with Crippen LogP contribution in [0.5, 0.6) is 5.75 Å². The van der Waals surface area contributed by atoms with Crippen LogP contribution in [0.4, 0.5) is 11.4 Å². The van der Waals surface area contributed by atoms with Gasteiger partial charge in [-0.3, -0.25) is 9.52 Å². The van der Waals surface area contributed by atoms with Crippen molar-refractivity contribution in [2.45, 2.75) is 18.1 Å². The molecule has 0 saturated heterocycles. The lowest BCUT2D eigenvalue weighted by atomic mass is 9.93. The Morgan fingerprint density at radius 3 is 2.74 bits per heavy atom. The van der Waals surface area contributed by atoms with Crippen molar-refractivity contribution >= 4 is 54.6 Å². The fraction of sp³-hybridized carbons (Fsp3) is 0.278. The molecule has 0 unspecified atom stereocenters. The molecule has 1 aromatic heterocycles. The summed E-state index contributed by atoms with van der Waals surface area (Å²) in [6, 6.07) is 8.11. The van der Waals surface area contributed by atoms with E-state index in [2.05, 4.69) is 27.2 Å². The Balaban J connectivity index is 1.96. The van der Waals surface area contributed by atoms with Gasteiger partial charge in [-0.2, -0.15) is 0 Å². The second-order valence-electron chi connectivity index (χ2n) is 6.72. The van der Waals surface area contributed by atoms with Crippen LogP contribution in [-0.2, 0) is 14.8 Å². The van der Waals surface area contributed by atoms with Crippen LogP contribution in [0.25, 0.3) is 0 Å². The molecule has 9 heteroatoms. The van der Waals surface area contributed by atoms with Crippen molar-refractivity contribution in [2.24, 2.45) is 5.41 Å². The quantitative estimate of drug-likeness (QED) is 0.662. The average Bonchev–Trinajstić information content (AvgIpc) is 3.02. The van der Waals surface area contributed by atoms with E-state index in [1.807, 2.05) is 13.8 Å². The Labute approximate surface area is 171 Å². The normalized spacial score (nSPS) is 16.3. The number of thiophene rings is 1. The zero-order valence-electron chi connectivity index (χ0n) is 14.9. The molecule has 1 N–H and O–H groups in total. The van der Waals surface area contributed by atoms with Crippen LogP contribution in [0.15, 0.2) is 51.0 Å². The van der Waals surface area contributed by atoms with Gasteiger partial charge in [-0.1, -0.05) is 6.08 Å². The minimum absolute atomic E-state index is 0.0714. The second kappa shape index (κ2) is 7.29. The molecule has 3 rings (SSSR count). The summed E-state index contributed by atoms with van der Waals surface area (Å²) in [6.07, 6.45) is 1.65. The standard InChI is InChI=1S/C18H19BrN2O4S2/c1-4-9-21-13-6-5-12(10-14(13)25-11-18(2,3)17(21)22)20-27(23,24)16-8-7-15(19)26-16/h4-8,10,20H,1,9,11H2,2-3H3. The van der Waals surface area contributed by atoms with Gasteiger partial charge in [-0.25, -0.2) is 8.42 Å². The molecule has 1 aromatic carbocycles. The molecule has 6 nitrogen and oxygen atoms in total. The minimum atomic E-state index is -3.70. The third kappa shape index (κ3) is 4.04. The molecule has 1 amide bonds. The highest BCUT2D eigenvalue weighted by Gasteiger charge is 2.37. The lowest BCUT2D eigenvalue weighted by Crippen LogP contribution is -2.42. The van der Waals surface area contributed by atoms with Gasteiger partial charge in [0.05, 0.1) is 20.6 Å². The number of rotatable bonds is 5. The maximum Gasteiger partial charge on any atom is 0.271 e. The first-order valence-electron chi connectivity index (χ1n) is 8.12. The molecule has 1 aliphatic rings. The summed E-state index contributed by atoms with van der Waals surface area (Å²) in [5, 5.41) is 0. The van der Waals surface area contributed by atoms with Crippen molar-refractivity contribution in [3.05, 3.63) is 46.8 Å². The van der Waals surface area contributed by atoms with Gasteiger partial charge >= 0.3 is 0 Å². The zero-order chi connectivity index (χ0) is 19.8. The predicted octanol–water partition coefficient (Wildman–Crippen LogP) is 4.25. The van der Waals surface area contributed by atoms with E-state index in [9.17, 15) is 13.2 Å². The van der Waals surface area contributed by atoms with E-state index >= 15 is 0 Å². The Morgan fingerprint density at radius 2 is 2.11 bits per heavy atom. The first kappa shape index (κ1) is 19.9. The van der Waals surface area contributed by atoms with Gasteiger partial charge < -0.3 is 9.64 Å². The lowest BCUT2D eigenvalue weighted by molar-refractivity contribution is -0.127. The van der Waals surface area contributed by atoms with Gasteiger partial charge in [0, 0.05) is 12.6 Å². The van der Waals surface area contributed by atoms with E-state index in [-0.39, 0.29) is 16.7 Å². The van der Waals surface area contributed by atoms with Crippen LogP contribution in [0.1, 0.15) is 13.8 Å². The van der Waals surface area contributed by atoms with Gasteiger partial charge in [-0.15, -0.1) is 17.9 Å². The number of ether oxygens (including phenoxy) is 1. The number of sulfonamides is 1. The van der Waals surface area contributed by atoms with Gasteiger partial charge in [-0.05, 0) is 54.0 Å². The predicted molar refractivity (Wildman–Crippen MR) is 111 cm³/mol. The third-order valence-electron chi connectivity index (χ3n) is 4.04. The Kier molecular flexibility index (Phi) is 5.38. The summed E-state index contributed by atoms with van der Waals surface area (Å²) < 4.78 is 34.4. The SMILES string of the molecule is C=CCN1C(=O)C(C)(C)COc2cc(NS(=O)(=O)c3ccc(Br)s3)ccc21. The number of amides is 1. The molecule has 0 atom stereocenters. The molecule has 0 spiro atoms. The second-order valence-corrected chi connectivity index (χ2v) is 11.1.